The fourth-order valence-electron chi connectivity index (χ4n) is 8.45. The van der Waals surface area contributed by atoms with E-state index in [1.165, 1.54) is 49.9 Å². The van der Waals surface area contributed by atoms with Crippen LogP contribution in [-0.2, 0) is 16.4 Å². The zero-order valence-corrected chi connectivity index (χ0v) is 24.5. The average molecular weight is 572 g/mol. The second-order valence-electron chi connectivity index (χ2n) is 12.6. The lowest BCUT2D eigenvalue weighted by Crippen LogP contribution is -2.51. The van der Waals surface area contributed by atoms with Gasteiger partial charge in [-0.2, -0.15) is 4.31 Å². The van der Waals surface area contributed by atoms with Gasteiger partial charge in [0.15, 0.2) is 0 Å². The predicted octanol–water partition coefficient (Wildman–Crippen LogP) is 4.80. The Morgan fingerprint density at radius 2 is 1.79 bits per heavy atom. The van der Waals surface area contributed by atoms with Gasteiger partial charge >= 0.3 is 0 Å². The van der Waals surface area contributed by atoms with Crippen molar-refractivity contribution in [3.8, 4) is 5.75 Å². The number of benzene rings is 1. The number of ether oxygens (including phenoxy) is 1. The molecule has 1 amide bonds. The number of methoxy groups -OCH3 is 1. The van der Waals surface area contributed by atoms with Crippen LogP contribution in [0.25, 0.3) is 0 Å². The monoisotopic (exact) mass is 571 g/mol. The fourth-order valence-corrected chi connectivity index (χ4v) is 11.5. The standard InChI is InChI=1S/C30H41N3O4S2/c1-37-27-6-2-5-25(29(31)34)26(27)15-24-7-8-28(38-24)39(35,36)33-10-3-4-23(9-11-33)32-19-30-16-20-12-21(17-30)14-22(13-20)18-30/h2,5-8,20-23,32H,3-4,9-19H2,1H3,(H2,31,34). The van der Waals surface area contributed by atoms with Gasteiger partial charge in [-0.05, 0) is 105 Å². The highest BCUT2D eigenvalue weighted by molar-refractivity contribution is 7.91. The largest absolute Gasteiger partial charge is 0.496 e. The van der Waals surface area contributed by atoms with Crippen molar-refractivity contribution in [2.24, 2.45) is 28.9 Å². The summed E-state index contributed by atoms with van der Waals surface area (Å²) in [6, 6.07) is 9.12. The van der Waals surface area contributed by atoms with Crippen LogP contribution < -0.4 is 15.8 Å². The van der Waals surface area contributed by atoms with E-state index in [1.807, 2.05) is 6.07 Å². The molecule has 1 unspecified atom stereocenters. The quantitative estimate of drug-likeness (QED) is 0.451. The number of rotatable bonds is 9. The molecule has 5 fully saturated rings. The van der Waals surface area contributed by atoms with Crippen molar-refractivity contribution in [1.82, 2.24) is 9.62 Å². The Balaban J connectivity index is 1.09. The van der Waals surface area contributed by atoms with Gasteiger partial charge in [0.1, 0.15) is 9.96 Å². The third kappa shape index (κ3) is 5.52. The van der Waals surface area contributed by atoms with Gasteiger partial charge in [0.2, 0.25) is 5.91 Å². The molecule has 39 heavy (non-hydrogen) atoms. The summed E-state index contributed by atoms with van der Waals surface area (Å²) < 4.78 is 34.7. The summed E-state index contributed by atoms with van der Waals surface area (Å²) in [5.41, 5.74) is 7.16. The first kappa shape index (κ1) is 27.2. The molecule has 2 heterocycles. The lowest BCUT2D eigenvalue weighted by atomic mass is 9.49. The molecule has 1 atom stereocenters. The Morgan fingerprint density at radius 1 is 1.08 bits per heavy atom. The van der Waals surface area contributed by atoms with Gasteiger partial charge in [0.05, 0.1) is 7.11 Å². The summed E-state index contributed by atoms with van der Waals surface area (Å²) in [6.07, 6.45) is 11.7. The van der Waals surface area contributed by atoms with E-state index in [0.717, 1.165) is 48.4 Å². The van der Waals surface area contributed by atoms with Crippen molar-refractivity contribution in [3.63, 3.8) is 0 Å². The maximum atomic E-state index is 13.6. The summed E-state index contributed by atoms with van der Waals surface area (Å²) in [7, 11) is -2.02. The van der Waals surface area contributed by atoms with Gasteiger partial charge in [-0.25, -0.2) is 8.42 Å². The van der Waals surface area contributed by atoms with Crippen LogP contribution in [0, 0.1) is 23.2 Å². The summed E-state index contributed by atoms with van der Waals surface area (Å²) in [5, 5.41) is 3.92. The molecule has 9 heteroatoms. The minimum absolute atomic E-state index is 0.355. The van der Waals surface area contributed by atoms with Gasteiger partial charge in [-0.15, -0.1) is 11.3 Å². The van der Waals surface area contributed by atoms with Gasteiger partial charge < -0.3 is 15.8 Å². The van der Waals surface area contributed by atoms with E-state index in [4.69, 9.17) is 10.5 Å². The Kier molecular flexibility index (Phi) is 7.54. The van der Waals surface area contributed by atoms with Crippen molar-refractivity contribution in [3.05, 3.63) is 46.3 Å². The zero-order chi connectivity index (χ0) is 27.2. The van der Waals surface area contributed by atoms with Crippen LogP contribution in [-0.4, -0.2) is 51.4 Å². The van der Waals surface area contributed by atoms with Crippen molar-refractivity contribution in [2.75, 3.05) is 26.7 Å². The molecule has 0 radical (unpaired) electrons. The van der Waals surface area contributed by atoms with Crippen molar-refractivity contribution < 1.29 is 17.9 Å². The summed E-state index contributed by atoms with van der Waals surface area (Å²) in [4.78, 5) is 12.8. The van der Waals surface area contributed by atoms with Crippen molar-refractivity contribution in [2.45, 2.75) is 74.5 Å². The molecule has 1 saturated heterocycles. The third-order valence-corrected chi connectivity index (χ3v) is 13.3. The normalized spacial score (nSPS) is 30.8. The number of carbonyl (C=O) groups excluding carboxylic acids is 1. The van der Waals surface area contributed by atoms with E-state index in [0.29, 0.717) is 52.1 Å². The molecule has 212 valence electrons. The molecular weight excluding hydrogens is 530 g/mol. The molecule has 4 saturated carbocycles. The first-order valence-electron chi connectivity index (χ1n) is 14.5. The van der Waals surface area contributed by atoms with Crippen LogP contribution >= 0.6 is 11.3 Å². The molecule has 2 aromatic rings. The van der Waals surface area contributed by atoms with E-state index in [2.05, 4.69) is 5.32 Å². The highest BCUT2D eigenvalue weighted by Gasteiger charge is 2.50. The second kappa shape index (κ2) is 10.8. The number of nitrogens with two attached hydrogens (primary N) is 1. The van der Waals surface area contributed by atoms with E-state index in [1.54, 1.807) is 35.7 Å². The molecule has 5 aliphatic rings. The van der Waals surface area contributed by atoms with Crippen LogP contribution in [0.1, 0.15) is 78.6 Å². The topological polar surface area (TPSA) is 102 Å². The van der Waals surface area contributed by atoms with Gasteiger partial charge in [0.25, 0.3) is 10.0 Å². The van der Waals surface area contributed by atoms with Gasteiger partial charge in [0, 0.05) is 48.1 Å². The summed E-state index contributed by atoms with van der Waals surface area (Å²) >= 11 is 1.26. The summed E-state index contributed by atoms with van der Waals surface area (Å²) in [6.45, 7) is 2.22. The molecule has 1 aromatic heterocycles. The first-order chi connectivity index (χ1) is 18.7. The number of primary amides is 1. The minimum atomic E-state index is -3.57. The second-order valence-corrected chi connectivity index (χ2v) is 15.9. The highest BCUT2D eigenvalue weighted by Crippen LogP contribution is 2.59. The number of amides is 1. The maximum absolute atomic E-state index is 13.6. The molecule has 4 aliphatic carbocycles. The zero-order valence-electron chi connectivity index (χ0n) is 22.9. The van der Waals surface area contributed by atoms with Crippen LogP contribution in [0.2, 0.25) is 0 Å². The Morgan fingerprint density at radius 3 is 2.46 bits per heavy atom. The Hall–Kier alpha value is -1.94. The van der Waals surface area contributed by atoms with E-state index < -0.39 is 15.9 Å². The number of nitrogens with one attached hydrogen (secondary N) is 1. The van der Waals surface area contributed by atoms with Crippen LogP contribution in [0.15, 0.2) is 34.5 Å². The smallest absolute Gasteiger partial charge is 0.252 e. The van der Waals surface area contributed by atoms with E-state index in [-0.39, 0.29) is 0 Å². The number of nitrogens with zero attached hydrogens (tertiary/aromatic N) is 1. The number of sulfonamides is 1. The number of carbonyl (C=O) groups is 1. The molecule has 3 N–H and O–H groups in total. The van der Waals surface area contributed by atoms with Crippen LogP contribution in [0.4, 0.5) is 0 Å². The van der Waals surface area contributed by atoms with Gasteiger partial charge in [-0.3, -0.25) is 4.79 Å². The lowest BCUT2D eigenvalue weighted by Gasteiger charge is -2.57. The van der Waals surface area contributed by atoms with Gasteiger partial charge in [-0.1, -0.05) is 6.07 Å². The summed E-state index contributed by atoms with van der Waals surface area (Å²) in [5.74, 6) is 2.91. The molecule has 0 spiro atoms. The lowest BCUT2D eigenvalue weighted by molar-refractivity contribution is -0.0526. The first-order valence-corrected chi connectivity index (χ1v) is 16.8. The molecule has 7 nitrogen and oxygen atoms in total. The maximum Gasteiger partial charge on any atom is 0.252 e. The third-order valence-electron chi connectivity index (χ3n) is 9.82. The molecular formula is C30H41N3O4S2. The van der Waals surface area contributed by atoms with E-state index in [9.17, 15) is 13.2 Å². The fraction of sp³-hybridized carbons (Fsp3) is 0.633. The Labute approximate surface area is 236 Å². The number of thiophene rings is 1. The predicted molar refractivity (Wildman–Crippen MR) is 154 cm³/mol. The SMILES string of the molecule is COc1cccc(C(N)=O)c1Cc1ccc(S(=O)(=O)N2CCCC(NCC34CC5CC(CC(C5)C3)C4)CC2)s1. The van der Waals surface area contributed by atoms with Crippen molar-refractivity contribution >= 4 is 27.3 Å². The van der Waals surface area contributed by atoms with Crippen molar-refractivity contribution in [1.29, 1.82) is 0 Å². The molecule has 7 rings (SSSR count). The Bertz CT molecular complexity index is 1290. The number of hydrogen-bond donors (Lipinski definition) is 2. The highest BCUT2D eigenvalue weighted by atomic mass is 32.2. The minimum Gasteiger partial charge on any atom is -0.496 e. The van der Waals surface area contributed by atoms with Crippen LogP contribution in [0.3, 0.4) is 0 Å². The van der Waals surface area contributed by atoms with E-state index >= 15 is 0 Å². The molecule has 4 bridgehead atoms. The van der Waals surface area contributed by atoms with Crippen LogP contribution in [0.5, 0.6) is 5.75 Å². The molecule has 1 aliphatic heterocycles. The molecule has 1 aromatic carbocycles. The average Bonchev–Trinajstić information content (AvgIpc) is 3.23. The number of hydrogen-bond acceptors (Lipinski definition) is 6.